The first-order valence-electron chi connectivity index (χ1n) is 17.7. The van der Waals surface area contributed by atoms with E-state index in [2.05, 4.69) is 21.2 Å². The topological polar surface area (TPSA) is 125 Å². The number of carbonyl (C=O) groups excluding carboxylic acids is 4. The number of esters is 1. The fraction of sp³-hybridized carbons (Fsp3) is 0.366. The van der Waals surface area contributed by atoms with Gasteiger partial charge in [-0.1, -0.05) is 107 Å². The van der Waals surface area contributed by atoms with Crippen molar-refractivity contribution in [1.29, 1.82) is 0 Å². The van der Waals surface area contributed by atoms with Gasteiger partial charge in [-0.25, -0.2) is 0 Å². The lowest BCUT2D eigenvalue weighted by molar-refractivity contribution is -0.146. The summed E-state index contributed by atoms with van der Waals surface area (Å²) in [7, 11) is 0. The Balaban J connectivity index is 1.38. The van der Waals surface area contributed by atoms with Crippen LogP contribution in [0.1, 0.15) is 41.1 Å². The summed E-state index contributed by atoms with van der Waals surface area (Å²) in [4.78, 5) is 61.0. The molecule has 7 rings (SSSR count). The van der Waals surface area contributed by atoms with Crippen molar-refractivity contribution in [2.45, 2.75) is 62.9 Å². The molecular formula is C41H42BrN3O7. The van der Waals surface area contributed by atoms with Gasteiger partial charge in [-0.2, -0.15) is 0 Å². The molecule has 4 aliphatic heterocycles. The van der Waals surface area contributed by atoms with E-state index in [0.717, 1.165) is 22.3 Å². The summed E-state index contributed by atoms with van der Waals surface area (Å²) >= 11 is 3.65. The van der Waals surface area contributed by atoms with Gasteiger partial charge in [-0.05, 0) is 55.0 Å². The lowest BCUT2D eigenvalue weighted by atomic mass is 9.74. The number of allylic oxidation sites excluding steroid dienone is 1. The number of nitrogens with zero attached hydrogens (tertiary/aromatic N) is 2. The molecular weight excluding hydrogens is 726 g/mol. The van der Waals surface area contributed by atoms with Crippen LogP contribution in [0, 0.1) is 25.7 Å². The zero-order valence-corrected chi connectivity index (χ0v) is 30.7. The van der Waals surface area contributed by atoms with Gasteiger partial charge in [0, 0.05) is 23.1 Å². The van der Waals surface area contributed by atoms with Gasteiger partial charge in [0.15, 0.2) is 0 Å². The second-order valence-corrected chi connectivity index (χ2v) is 14.9. The van der Waals surface area contributed by atoms with Gasteiger partial charge in [0.1, 0.15) is 24.4 Å². The number of fused-ring (bicyclic) bond motifs is 2. The van der Waals surface area contributed by atoms with E-state index in [1.54, 1.807) is 11.0 Å². The molecule has 2 fully saturated rings. The van der Waals surface area contributed by atoms with Crippen molar-refractivity contribution >= 4 is 45.3 Å². The average molecular weight is 769 g/mol. The van der Waals surface area contributed by atoms with E-state index in [9.17, 15) is 14.7 Å². The Morgan fingerprint density at radius 2 is 1.62 bits per heavy atom. The number of amides is 3. The standard InChI is InChI=1S/C41H42BrN3O7/c1-25-13-12-14-26(2)35(25)44-20-11-5-10-19-32(47)51-24-31(28-17-8-4-9-18-28)43-38(48)33-34-39(49)45(29(23-46)21-27-15-6-3-7-16-27)37(40(44)50)41(34)22-30(42)36(33)52-41/h3-9,11-18,22,29,31,33-34,36-37,46H,10,19-21,23-24H2,1-2H3,(H,43,48)/b11-5-/t29-,31-,33-,34+,36-,37-,41+/m1/s1. The highest BCUT2D eigenvalue weighted by atomic mass is 79.9. The largest absolute Gasteiger partial charge is 0.463 e. The molecule has 0 aromatic heterocycles. The van der Waals surface area contributed by atoms with E-state index in [0.29, 0.717) is 16.6 Å². The van der Waals surface area contributed by atoms with Crippen LogP contribution in [0.15, 0.2) is 102 Å². The minimum absolute atomic E-state index is 0.103. The van der Waals surface area contributed by atoms with E-state index in [4.69, 9.17) is 9.47 Å². The van der Waals surface area contributed by atoms with Crippen LogP contribution in [0.5, 0.6) is 0 Å². The van der Waals surface area contributed by atoms with Gasteiger partial charge >= 0.3 is 5.97 Å². The number of halogens is 1. The highest BCUT2D eigenvalue weighted by Gasteiger charge is 2.75. The molecule has 0 aliphatic carbocycles. The van der Waals surface area contributed by atoms with Crippen LogP contribution in [-0.2, 0) is 35.1 Å². The molecule has 3 amide bonds. The van der Waals surface area contributed by atoms with Crippen molar-refractivity contribution in [3.8, 4) is 0 Å². The van der Waals surface area contributed by atoms with Gasteiger partial charge in [-0.15, -0.1) is 0 Å². The fourth-order valence-electron chi connectivity index (χ4n) is 8.36. The quantitative estimate of drug-likeness (QED) is 0.271. The number of para-hydroxylation sites is 1. The van der Waals surface area contributed by atoms with Crippen molar-refractivity contribution in [1.82, 2.24) is 10.2 Å². The average Bonchev–Trinajstić information content (AvgIpc) is 3.74. The van der Waals surface area contributed by atoms with Crippen LogP contribution in [0.25, 0.3) is 0 Å². The molecule has 4 heterocycles. The number of benzene rings is 3. The van der Waals surface area contributed by atoms with E-state index >= 15 is 9.59 Å². The van der Waals surface area contributed by atoms with Gasteiger partial charge in [0.25, 0.3) is 5.91 Å². The normalized spacial score (nSPS) is 29.0. The van der Waals surface area contributed by atoms with Crippen molar-refractivity contribution in [2.24, 2.45) is 11.8 Å². The summed E-state index contributed by atoms with van der Waals surface area (Å²) in [6.07, 6.45) is 5.42. The Hall–Kier alpha value is -4.58. The van der Waals surface area contributed by atoms with Crippen LogP contribution in [0.4, 0.5) is 5.69 Å². The number of nitrogens with one attached hydrogen (secondary N) is 1. The van der Waals surface area contributed by atoms with Crippen LogP contribution >= 0.6 is 15.9 Å². The van der Waals surface area contributed by atoms with Gasteiger partial charge in [0.05, 0.1) is 30.5 Å². The lowest BCUT2D eigenvalue weighted by Crippen LogP contribution is -2.59. The summed E-state index contributed by atoms with van der Waals surface area (Å²) in [5.74, 6) is -3.80. The number of ether oxygens (including phenoxy) is 2. The minimum Gasteiger partial charge on any atom is -0.463 e. The maximum Gasteiger partial charge on any atom is 0.306 e. The summed E-state index contributed by atoms with van der Waals surface area (Å²) in [5.41, 5.74) is 2.53. The predicted octanol–water partition coefficient (Wildman–Crippen LogP) is 4.86. The number of likely N-dealkylation sites (tertiary alicyclic amines) is 1. The Bertz CT molecular complexity index is 1900. The SMILES string of the molecule is Cc1cccc(C)c1N1C/C=C\CCC(=O)OC[C@H](c2ccccc2)NC(=O)[C@H]2[C@@H]3O[C@@]4(C=C3Br)[C@@H]2C(=O)N([C@@H](CO)Cc2ccccc2)[C@@H]4C1=O. The molecule has 11 heteroatoms. The molecule has 10 nitrogen and oxygen atoms in total. The number of aliphatic hydroxyl groups excluding tert-OH is 1. The van der Waals surface area contributed by atoms with Gasteiger partial charge in [-0.3, -0.25) is 19.2 Å². The summed E-state index contributed by atoms with van der Waals surface area (Å²) in [6.45, 7) is 3.49. The number of cyclic esters (lactones) is 1. The number of aliphatic hydroxyl groups is 1. The summed E-state index contributed by atoms with van der Waals surface area (Å²) in [6, 6.07) is 21.8. The third kappa shape index (κ3) is 6.39. The van der Waals surface area contributed by atoms with E-state index in [-0.39, 0.29) is 26.0 Å². The molecule has 0 radical (unpaired) electrons. The monoisotopic (exact) mass is 767 g/mol. The highest BCUT2D eigenvalue weighted by Crippen LogP contribution is 2.59. The molecule has 3 aromatic carbocycles. The first-order valence-corrected chi connectivity index (χ1v) is 18.5. The van der Waals surface area contributed by atoms with E-state index < -0.39 is 72.0 Å². The maximum atomic E-state index is 15.4. The molecule has 52 heavy (non-hydrogen) atoms. The first kappa shape index (κ1) is 35.8. The lowest BCUT2D eigenvalue weighted by Gasteiger charge is -2.39. The number of aryl methyl sites for hydroxylation is 2. The number of hydrogen-bond acceptors (Lipinski definition) is 7. The maximum absolute atomic E-state index is 15.4. The molecule has 3 aromatic rings. The van der Waals surface area contributed by atoms with Crippen molar-refractivity contribution in [3.63, 3.8) is 0 Å². The second kappa shape index (κ2) is 14.8. The fourth-order valence-corrected chi connectivity index (χ4v) is 9.09. The molecule has 7 atom stereocenters. The van der Waals surface area contributed by atoms with Crippen molar-refractivity contribution < 1.29 is 33.8 Å². The molecule has 0 unspecified atom stereocenters. The molecule has 2 N–H and O–H groups in total. The highest BCUT2D eigenvalue weighted by molar-refractivity contribution is 9.11. The third-order valence-electron chi connectivity index (χ3n) is 10.7. The molecule has 0 saturated carbocycles. The van der Waals surface area contributed by atoms with Crippen molar-refractivity contribution in [2.75, 3.05) is 24.7 Å². The Morgan fingerprint density at radius 3 is 2.31 bits per heavy atom. The Labute approximate surface area is 311 Å². The summed E-state index contributed by atoms with van der Waals surface area (Å²) < 4.78 is 13.0. The van der Waals surface area contributed by atoms with Gasteiger partial charge < -0.3 is 29.7 Å². The number of carbonyl (C=O) groups is 4. The Morgan fingerprint density at radius 1 is 0.923 bits per heavy atom. The molecule has 2 saturated heterocycles. The number of hydrogen-bond donors (Lipinski definition) is 2. The van der Waals surface area contributed by atoms with Crippen LogP contribution < -0.4 is 10.2 Å². The number of rotatable bonds is 6. The van der Waals surface area contributed by atoms with Crippen LogP contribution in [0.3, 0.4) is 0 Å². The molecule has 1 spiro atoms. The minimum atomic E-state index is -1.51. The third-order valence-corrected chi connectivity index (χ3v) is 11.4. The van der Waals surface area contributed by atoms with E-state index in [1.165, 1.54) is 4.90 Å². The summed E-state index contributed by atoms with van der Waals surface area (Å²) in [5, 5.41) is 14.0. The molecule has 270 valence electrons. The van der Waals surface area contributed by atoms with Crippen LogP contribution in [0.2, 0.25) is 0 Å². The Kier molecular flexibility index (Phi) is 10.2. The van der Waals surface area contributed by atoms with Crippen molar-refractivity contribution in [3.05, 3.63) is 124 Å². The smallest absolute Gasteiger partial charge is 0.306 e. The zero-order valence-electron chi connectivity index (χ0n) is 29.1. The van der Waals surface area contributed by atoms with Gasteiger partial charge in [0.2, 0.25) is 11.8 Å². The molecule has 4 aliphatic rings. The predicted molar refractivity (Wildman–Crippen MR) is 198 cm³/mol. The molecule has 5 bridgehead atoms. The van der Waals surface area contributed by atoms with E-state index in [1.807, 2.05) is 105 Å². The first-order chi connectivity index (χ1) is 25.1. The zero-order chi connectivity index (χ0) is 36.6. The van der Waals surface area contributed by atoms with Crippen LogP contribution in [-0.4, -0.2) is 77.2 Å². The second-order valence-electron chi connectivity index (χ2n) is 14.0. The number of anilines is 1.